The predicted octanol–water partition coefficient (Wildman–Crippen LogP) is 3.97. The number of fused-ring (bicyclic) bond motifs is 1. The molecule has 5 heterocycles. The van der Waals surface area contributed by atoms with Crippen LogP contribution in [0.3, 0.4) is 0 Å². The lowest BCUT2D eigenvalue weighted by molar-refractivity contribution is -0.117. The number of amides is 2. The van der Waals surface area contributed by atoms with Crippen LogP contribution >= 0.6 is 11.3 Å². The van der Waals surface area contributed by atoms with E-state index in [0.29, 0.717) is 41.2 Å². The van der Waals surface area contributed by atoms with Crippen LogP contribution < -0.4 is 21.1 Å². The number of rotatable bonds is 9. The van der Waals surface area contributed by atoms with E-state index >= 15 is 0 Å². The molecule has 5 aromatic rings. The molecule has 12 nitrogen and oxygen atoms in total. The molecule has 1 unspecified atom stereocenters. The number of carbonyl (C=O) groups excluding carboxylic acids is 2. The highest BCUT2D eigenvalue weighted by molar-refractivity contribution is 7.12. The Kier molecular flexibility index (Phi) is 7.35. The van der Waals surface area contributed by atoms with E-state index in [1.165, 1.54) is 11.3 Å². The summed E-state index contributed by atoms with van der Waals surface area (Å²) in [6.07, 6.45) is 4.33. The van der Waals surface area contributed by atoms with Crippen LogP contribution in [0.15, 0.2) is 48.1 Å². The average molecular weight is 586 g/mol. The largest absolute Gasteiger partial charge is 0.487 e. The van der Waals surface area contributed by atoms with Gasteiger partial charge in [0.15, 0.2) is 5.82 Å². The smallest absolute Gasteiger partial charge is 0.262 e. The SMILES string of the molecule is Cc1cnc(Nc2cc(C)n(C)n2)nc1-c1c[nH]c2c(NC(=O)CN3CCC(Oc4ccsc4C(N)=O)C3)cccc12. The molecule has 4 aromatic heterocycles. The molecule has 1 fully saturated rings. The summed E-state index contributed by atoms with van der Waals surface area (Å²) in [5.41, 5.74) is 10.6. The van der Waals surface area contributed by atoms with Crippen LogP contribution in [0.4, 0.5) is 17.5 Å². The number of ether oxygens (including phenoxy) is 1. The van der Waals surface area contributed by atoms with Crippen molar-refractivity contribution in [2.45, 2.75) is 26.4 Å². The maximum absolute atomic E-state index is 13.1. The Hall–Kier alpha value is -4.75. The standard InChI is InChI=1S/C29H31N9O3S/c1-16-12-32-29(34-23-11-17(2)37(3)36-23)35-25(16)20-13-31-26-19(20)5-4-6-21(26)33-24(39)15-38-9-7-18(14-38)41-22-8-10-42-27(22)28(30)40/h4-6,8,10-13,18,31H,7,9,14-15H2,1-3H3,(H2,30,40)(H,33,39)(H,32,34,35,36). The Labute approximate surface area is 245 Å². The van der Waals surface area contributed by atoms with E-state index in [1.54, 1.807) is 22.3 Å². The normalized spacial score (nSPS) is 15.3. The zero-order valence-electron chi connectivity index (χ0n) is 23.5. The number of benzene rings is 1. The molecule has 0 radical (unpaired) electrons. The van der Waals surface area contributed by atoms with Crippen molar-refractivity contribution in [3.63, 3.8) is 0 Å². The Morgan fingerprint density at radius 1 is 1.26 bits per heavy atom. The maximum atomic E-state index is 13.1. The predicted molar refractivity (Wildman–Crippen MR) is 162 cm³/mol. The number of thiophene rings is 1. The van der Waals surface area contributed by atoms with Gasteiger partial charge in [-0.05, 0) is 43.3 Å². The number of carbonyl (C=O) groups is 2. The first-order chi connectivity index (χ1) is 20.2. The van der Waals surface area contributed by atoms with E-state index in [9.17, 15) is 9.59 Å². The third kappa shape index (κ3) is 5.56. The number of aromatic nitrogens is 5. The van der Waals surface area contributed by atoms with E-state index in [1.807, 2.05) is 56.3 Å². The molecule has 2 amide bonds. The van der Waals surface area contributed by atoms with Crippen LogP contribution in [0.25, 0.3) is 22.2 Å². The summed E-state index contributed by atoms with van der Waals surface area (Å²) >= 11 is 1.26. The molecule has 13 heteroatoms. The van der Waals surface area contributed by atoms with Crippen molar-refractivity contribution in [1.29, 1.82) is 0 Å². The fraction of sp³-hybridized carbons (Fsp3) is 0.276. The monoisotopic (exact) mass is 585 g/mol. The van der Waals surface area contributed by atoms with Gasteiger partial charge in [-0.1, -0.05) is 12.1 Å². The summed E-state index contributed by atoms with van der Waals surface area (Å²) in [5, 5.41) is 13.4. The van der Waals surface area contributed by atoms with Crippen molar-refractivity contribution >= 4 is 51.5 Å². The lowest BCUT2D eigenvalue weighted by atomic mass is 10.1. The molecule has 1 atom stereocenters. The molecule has 0 aliphatic carbocycles. The summed E-state index contributed by atoms with van der Waals surface area (Å²) in [5.74, 6) is 1.01. The second-order valence-electron chi connectivity index (χ2n) is 10.4. The number of nitrogens with two attached hydrogens (primary N) is 1. The number of hydrogen-bond donors (Lipinski definition) is 4. The summed E-state index contributed by atoms with van der Waals surface area (Å²) in [6, 6.07) is 9.48. The summed E-state index contributed by atoms with van der Waals surface area (Å²) < 4.78 is 7.80. The van der Waals surface area contributed by atoms with Crippen molar-refractivity contribution in [2.75, 3.05) is 30.3 Å². The molecule has 5 N–H and O–H groups in total. The fourth-order valence-electron chi connectivity index (χ4n) is 5.14. The molecule has 216 valence electrons. The molecule has 1 saturated heterocycles. The van der Waals surface area contributed by atoms with Gasteiger partial charge in [0.05, 0.1) is 23.4 Å². The van der Waals surface area contributed by atoms with Gasteiger partial charge in [-0.2, -0.15) is 5.10 Å². The van der Waals surface area contributed by atoms with Crippen molar-refractivity contribution in [2.24, 2.45) is 12.8 Å². The van der Waals surface area contributed by atoms with Gasteiger partial charge in [0.1, 0.15) is 16.7 Å². The molecular formula is C29H31N9O3S. The van der Waals surface area contributed by atoms with Gasteiger partial charge in [0.2, 0.25) is 11.9 Å². The van der Waals surface area contributed by atoms with E-state index in [0.717, 1.165) is 39.8 Å². The molecular weight excluding hydrogens is 554 g/mol. The van der Waals surface area contributed by atoms with E-state index in [-0.39, 0.29) is 18.6 Å². The van der Waals surface area contributed by atoms with Crippen molar-refractivity contribution in [3.8, 4) is 17.0 Å². The molecule has 0 saturated carbocycles. The van der Waals surface area contributed by atoms with Gasteiger partial charge < -0.3 is 26.1 Å². The number of nitrogens with one attached hydrogen (secondary N) is 3. The number of nitrogens with zero attached hydrogens (tertiary/aromatic N) is 5. The van der Waals surface area contributed by atoms with Crippen LogP contribution in [0.5, 0.6) is 5.75 Å². The van der Waals surface area contributed by atoms with Gasteiger partial charge in [0.25, 0.3) is 5.91 Å². The molecule has 1 aliphatic heterocycles. The Morgan fingerprint density at radius 2 is 2.12 bits per heavy atom. The third-order valence-corrected chi connectivity index (χ3v) is 8.22. The van der Waals surface area contributed by atoms with Crippen molar-refractivity contribution < 1.29 is 14.3 Å². The molecule has 0 bridgehead atoms. The number of hydrogen-bond acceptors (Lipinski definition) is 9. The first-order valence-corrected chi connectivity index (χ1v) is 14.4. The van der Waals surface area contributed by atoms with Gasteiger partial charge in [-0.3, -0.25) is 19.2 Å². The van der Waals surface area contributed by atoms with Crippen LogP contribution in [-0.2, 0) is 11.8 Å². The number of aryl methyl sites for hydroxylation is 3. The minimum atomic E-state index is -0.498. The van der Waals surface area contributed by atoms with Crippen LogP contribution in [0.1, 0.15) is 27.3 Å². The molecule has 6 rings (SSSR count). The van der Waals surface area contributed by atoms with Crippen molar-refractivity contribution in [3.05, 3.63) is 64.2 Å². The quantitative estimate of drug-likeness (QED) is 0.202. The number of H-pyrrole nitrogens is 1. The highest BCUT2D eigenvalue weighted by Gasteiger charge is 2.27. The van der Waals surface area contributed by atoms with E-state index in [4.69, 9.17) is 15.5 Å². The first-order valence-electron chi connectivity index (χ1n) is 13.5. The minimum absolute atomic E-state index is 0.114. The van der Waals surface area contributed by atoms with Gasteiger partial charge in [0, 0.05) is 55.2 Å². The average Bonchev–Trinajstić information content (AvgIpc) is 3.74. The van der Waals surface area contributed by atoms with Gasteiger partial charge >= 0.3 is 0 Å². The first kappa shape index (κ1) is 27.4. The summed E-state index contributed by atoms with van der Waals surface area (Å²) in [7, 11) is 1.88. The lowest BCUT2D eigenvalue weighted by Gasteiger charge is -2.17. The van der Waals surface area contributed by atoms with Crippen LogP contribution in [0, 0.1) is 13.8 Å². The van der Waals surface area contributed by atoms with Gasteiger partial charge in [-0.15, -0.1) is 11.3 Å². The topological polar surface area (TPSA) is 156 Å². The molecule has 1 aliphatic rings. The fourth-order valence-corrected chi connectivity index (χ4v) is 5.82. The molecule has 0 spiro atoms. The molecule has 42 heavy (non-hydrogen) atoms. The van der Waals surface area contributed by atoms with Gasteiger partial charge in [-0.25, -0.2) is 9.97 Å². The second-order valence-corrected chi connectivity index (χ2v) is 11.3. The van der Waals surface area contributed by atoms with E-state index in [2.05, 4.69) is 25.7 Å². The summed E-state index contributed by atoms with van der Waals surface area (Å²) in [4.78, 5) is 39.6. The van der Waals surface area contributed by atoms with Crippen LogP contribution in [-0.4, -0.2) is 67.2 Å². The van der Waals surface area contributed by atoms with Crippen LogP contribution in [0.2, 0.25) is 0 Å². The highest BCUT2D eigenvalue weighted by Crippen LogP contribution is 2.34. The third-order valence-electron chi connectivity index (χ3n) is 7.31. The Bertz CT molecular complexity index is 1770. The lowest BCUT2D eigenvalue weighted by Crippen LogP contribution is -2.33. The maximum Gasteiger partial charge on any atom is 0.262 e. The number of aromatic amines is 1. The Morgan fingerprint density at radius 3 is 2.90 bits per heavy atom. The highest BCUT2D eigenvalue weighted by atomic mass is 32.1. The van der Waals surface area contributed by atoms with E-state index < -0.39 is 5.91 Å². The Balaban J connectivity index is 1.14. The minimum Gasteiger partial charge on any atom is -0.487 e. The zero-order valence-corrected chi connectivity index (χ0v) is 24.3. The number of para-hydroxylation sites is 1. The number of anilines is 3. The second kappa shape index (κ2) is 11.3. The summed E-state index contributed by atoms with van der Waals surface area (Å²) in [6.45, 7) is 5.47. The van der Waals surface area contributed by atoms with Crippen molar-refractivity contribution in [1.82, 2.24) is 29.6 Å². The number of likely N-dealkylation sites (tertiary alicyclic amines) is 1. The zero-order chi connectivity index (χ0) is 29.4. The number of primary amides is 1. The molecule has 1 aromatic carbocycles.